The fourth-order valence-corrected chi connectivity index (χ4v) is 7.02. The summed E-state index contributed by atoms with van der Waals surface area (Å²) in [6, 6.07) is 14.3. The zero-order chi connectivity index (χ0) is 37.2. The van der Waals surface area contributed by atoms with E-state index in [0.29, 0.717) is 49.9 Å². The molecule has 2 aliphatic rings. The summed E-state index contributed by atoms with van der Waals surface area (Å²) < 4.78 is 4.99. The molecule has 0 saturated carbocycles. The van der Waals surface area contributed by atoms with E-state index in [0.717, 1.165) is 16.5 Å². The molecule has 0 aliphatic carbocycles. The second-order valence-corrected chi connectivity index (χ2v) is 13.9. The Morgan fingerprint density at radius 3 is 2.54 bits per heavy atom. The third-order valence-corrected chi connectivity index (χ3v) is 9.76. The van der Waals surface area contributed by atoms with Gasteiger partial charge in [-0.15, -0.1) is 0 Å². The number of fused-ring (bicyclic) bond motifs is 4. The van der Waals surface area contributed by atoms with Crippen LogP contribution in [0.1, 0.15) is 75.8 Å². The van der Waals surface area contributed by atoms with Gasteiger partial charge in [-0.25, -0.2) is 4.79 Å². The number of methoxy groups -OCH3 is 1. The molecule has 1 fully saturated rings. The molecule has 2 aliphatic heterocycles. The van der Waals surface area contributed by atoms with Crippen LogP contribution in [-0.2, 0) is 39.9 Å². The minimum Gasteiger partial charge on any atom is -0.467 e. The molecule has 3 aromatic rings. The zero-order valence-electron chi connectivity index (χ0n) is 30.0. The Bertz CT molecular complexity index is 1790. The van der Waals surface area contributed by atoms with Gasteiger partial charge in [0.2, 0.25) is 29.5 Å². The molecule has 1 unspecified atom stereocenters. The molecule has 5 rings (SSSR count). The summed E-state index contributed by atoms with van der Waals surface area (Å²) >= 11 is 0. The molecule has 1 aromatic heterocycles. The largest absolute Gasteiger partial charge is 0.467 e. The molecule has 0 radical (unpaired) electrons. The highest BCUT2D eigenvalue weighted by Gasteiger charge is 2.36. The maximum absolute atomic E-state index is 13.6. The lowest BCUT2D eigenvalue weighted by Crippen LogP contribution is -2.56. The number of benzene rings is 2. The van der Waals surface area contributed by atoms with E-state index >= 15 is 0 Å². The Hall–Kier alpha value is -5.33. The van der Waals surface area contributed by atoms with Crippen LogP contribution in [0.15, 0.2) is 60.8 Å². The number of rotatable bonds is 5. The minimum absolute atomic E-state index is 0.108. The highest BCUT2D eigenvalue weighted by Crippen LogP contribution is 2.30. The second kappa shape index (κ2) is 17.7. The summed E-state index contributed by atoms with van der Waals surface area (Å²) in [6.45, 7) is 3.59. The van der Waals surface area contributed by atoms with Crippen LogP contribution in [0, 0.1) is 5.92 Å². The lowest BCUT2D eigenvalue weighted by Gasteiger charge is -2.28. The van der Waals surface area contributed by atoms with Gasteiger partial charge in [-0.1, -0.05) is 62.7 Å². The number of hydrogen-bond donors (Lipinski definition) is 4. The number of para-hydroxylation sites is 1. The normalized spacial score (nSPS) is 22.4. The third-order valence-electron chi connectivity index (χ3n) is 9.76. The van der Waals surface area contributed by atoms with Gasteiger partial charge in [0, 0.05) is 37.4 Å². The van der Waals surface area contributed by atoms with E-state index in [-0.39, 0.29) is 42.9 Å². The van der Waals surface area contributed by atoms with E-state index in [1.807, 2.05) is 54.6 Å². The second-order valence-electron chi connectivity index (χ2n) is 13.9. The highest BCUT2D eigenvalue weighted by molar-refractivity contribution is 6.00. The van der Waals surface area contributed by atoms with E-state index in [1.165, 1.54) is 7.11 Å². The molecule has 0 spiro atoms. The number of pyridine rings is 1. The Morgan fingerprint density at radius 1 is 0.962 bits per heavy atom. The van der Waals surface area contributed by atoms with Crippen molar-refractivity contribution in [1.29, 1.82) is 0 Å². The van der Waals surface area contributed by atoms with Crippen molar-refractivity contribution < 1.29 is 33.5 Å². The van der Waals surface area contributed by atoms with Crippen LogP contribution >= 0.6 is 0 Å². The average molecular weight is 713 g/mol. The number of ether oxygens (including phenoxy) is 1. The third kappa shape index (κ3) is 9.71. The molecule has 52 heavy (non-hydrogen) atoms. The number of esters is 1. The molecule has 2 bridgehead atoms. The molecule has 1 saturated heterocycles. The van der Waals surface area contributed by atoms with Gasteiger partial charge in [0.15, 0.2) is 0 Å². The smallest absolute Gasteiger partial charge is 0.328 e. The van der Waals surface area contributed by atoms with Crippen LogP contribution in [0.25, 0.3) is 10.9 Å². The van der Waals surface area contributed by atoms with Crippen molar-refractivity contribution in [2.45, 2.75) is 89.3 Å². The fourth-order valence-electron chi connectivity index (χ4n) is 7.02. The Morgan fingerprint density at radius 2 is 1.75 bits per heavy atom. The van der Waals surface area contributed by atoms with E-state index in [4.69, 9.17) is 4.74 Å². The van der Waals surface area contributed by atoms with E-state index in [2.05, 4.69) is 26.3 Å². The van der Waals surface area contributed by atoms with Gasteiger partial charge in [-0.2, -0.15) is 0 Å². The van der Waals surface area contributed by atoms with Gasteiger partial charge in [0.1, 0.15) is 18.1 Å². The van der Waals surface area contributed by atoms with E-state index < -0.39 is 48.4 Å². The zero-order valence-corrected chi connectivity index (χ0v) is 30.0. The number of hydrogen-bond acceptors (Lipinski definition) is 8. The van der Waals surface area contributed by atoms with Gasteiger partial charge in [-0.3, -0.25) is 29.0 Å². The van der Waals surface area contributed by atoms with Crippen LogP contribution in [-0.4, -0.2) is 83.7 Å². The first-order valence-corrected chi connectivity index (χ1v) is 18.0. The molecule has 13 nitrogen and oxygen atoms in total. The van der Waals surface area contributed by atoms with Crippen LogP contribution in [0.2, 0.25) is 0 Å². The number of amides is 5. The molecule has 13 heteroatoms. The summed E-state index contributed by atoms with van der Waals surface area (Å²) in [5.41, 5.74) is 2.92. The predicted molar refractivity (Wildman–Crippen MR) is 195 cm³/mol. The minimum atomic E-state index is -1.04. The quantitative estimate of drug-likeness (QED) is 0.291. The fraction of sp³-hybridized carbons (Fsp3) is 0.462. The first-order chi connectivity index (χ1) is 25.0. The Labute approximate surface area is 303 Å². The summed E-state index contributed by atoms with van der Waals surface area (Å²) in [7, 11) is 1.23. The maximum Gasteiger partial charge on any atom is 0.328 e. The van der Waals surface area contributed by atoms with E-state index in [1.54, 1.807) is 24.9 Å². The Kier molecular flexibility index (Phi) is 12.9. The first kappa shape index (κ1) is 37.9. The van der Waals surface area contributed by atoms with Crippen molar-refractivity contribution in [2.24, 2.45) is 5.92 Å². The summed E-state index contributed by atoms with van der Waals surface area (Å²) in [6.07, 6.45) is 5.15. The van der Waals surface area contributed by atoms with Gasteiger partial charge >= 0.3 is 5.97 Å². The van der Waals surface area contributed by atoms with Gasteiger partial charge in [-0.05, 0) is 60.8 Å². The van der Waals surface area contributed by atoms with Crippen LogP contribution in [0.3, 0.4) is 0 Å². The van der Waals surface area contributed by atoms with Crippen molar-refractivity contribution >= 4 is 52.1 Å². The Balaban J connectivity index is 1.40. The van der Waals surface area contributed by atoms with Crippen molar-refractivity contribution in [3.63, 3.8) is 0 Å². The lowest BCUT2D eigenvalue weighted by molar-refractivity contribution is -0.145. The summed E-state index contributed by atoms with van der Waals surface area (Å²) in [5, 5.41) is 12.0. The van der Waals surface area contributed by atoms with Gasteiger partial charge < -0.3 is 30.9 Å². The van der Waals surface area contributed by atoms with Crippen LogP contribution < -0.4 is 21.3 Å². The first-order valence-electron chi connectivity index (χ1n) is 18.0. The van der Waals surface area contributed by atoms with Crippen LogP contribution in [0.5, 0.6) is 0 Å². The van der Waals surface area contributed by atoms with Crippen molar-refractivity contribution in [1.82, 2.24) is 25.8 Å². The summed E-state index contributed by atoms with van der Waals surface area (Å²) in [5.74, 6) is -3.06. The van der Waals surface area contributed by atoms with Crippen molar-refractivity contribution in [3.05, 3.63) is 71.9 Å². The monoisotopic (exact) mass is 712 g/mol. The lowest BCUT2D eigenvalue weighted by atomic mass is 9.88. The van der Waals surface area contributed by atoms with E-state index in [9.17, 15) is 28.8 Å². The molecule has 5 amide bonds. The number of aromatic nitrogens is 1. The molecule has 4 atom stereocenters. The maximum atomic E-state index is 13.6. The van der Waals surface area contributed by atoms with Crippen LogP contribution in [0.4, 0.5) is 5.69 Å². The highest BCUT2D eigenvalue weighted by atomic mass is 16.5. The standard InChI is InChI=1S/C39H48N6O7/c1-24(2)35-38(50)41-23-33(47)43-30(39(51)52-3)21-25-10-6-13-27(20-25)28(11-4-5-17-34(48)45-19-9-16-31(45)37(49)44-35)22-32(46)42-29-15-7-12-26-14-8-18-40-36(26)29/h6-8,10,12-15,18,20,24,28,30-31,35H,4-5,9,11,16-17,19,21-23H2,1-3H3,(H,41,50)(H,42,46)(H,43,47)(H,44,49)/t28?,30-,31-,35-/m0/s1. The molecule has 3 heterocycles. The number of anilines is 1. The number of nitrogens with one attached hydrogen (secondary N) is 4. The molecule has 2 aromatic carbocycles. The summed E-state index contributed by atoms with van der Waals surface area (Å²) in [4.78, 5) is 85.4. The topological polar surface area (TPSA) is 176 Å². The number of nitrogens with zero attached hydrogens (tertiary/aromatic N) is 2. The van der Waals surface area contributed by atoms with Crippen molar-refractivity contribution in [3.8, 4) is 0 Å². The van der Waals surface area contributed by atoms with Gasteiger partial charge in [0.05, 0.1) is 24.9 Å². The average Bonchev–Trinajstić information content (AvgIpc) is 3.64. The number of carbonyl (C=O) groups excluding carboxylic acids is 6. The van der Waals surface area contributed by atoms with Crippen molar-refractivity contribution in [2.75, 3.05) is 25.5 Å². The number of carbonyl (C=O) groups is 6. The predicted octanol–water partition coefficient (Wildman–Crippen LogP) is 3.37. The molecule has 4 N–H and O–H groups in total. The molecular weight excluding hydrogens is 664 g/mol. The molecular formula is C39H48N6O7. The molecule has 276 valence electrons. The van der Waals surface area contributed by atoms with Gasteiger partial charge in [0.25, 0.3) is 0 Å². The SMILES string of the molecule is COC(=O)[C@@H]1Cc2cccc(c2)C(CC(=O)Nc2cccc3cccnc23)CCCCC(=O)N2CCC[C@H]2C(=O)N[C@@H](C(C)C)C(=O)NCC(=O)N1.